The van der Waals surface area contributed by atoms with Gasteiger partial charge in [-0.15, -0.1) is 0 Å². The number of hydrogen-bond acceptors (Lipinski definition) is 3. The highest BCUT2D eigenvalue weighted by Crippen LogP contribution is 2.27. The molecule has 0 bridgehead atoms. The van der Waals surface area contributed by atoms with Crippen molar-refractivity contribution in [1.82, 2.24) is 3.97 Å². The van der Waals surface area contributed by atoms with E-state index in [-0.39, 0.29) is 16.4 Å². The maximum Gasteiger partial charge on any atom is 0.268 e. The highest BCUT2D eigenvalue weighted by Gasteiger charge is 2.26. The molecule has 4 rings (SSSR count). The molecule has 27 heavy (non-hydrogen) atoms. The number of nitrogens with zero attached hydrogens (tertiary/aromatic N) is 1. The Balaban J connectivity index is 1.98. The number of benzene rings is 3. The van der Waals surface area contributed by atoms with Crippen molar-refractivity contribution in [2.24, 2.45) is 0 Å². The van der Waals surface area contributed by atoms with Crippen LogP contribution in [0.25, 0.3) is 10.9 Å². The predicted octanol–water partition coefficient (Wildman–Crippen LogP) is 4.87. The summed E-state index contributed by atoms with van der Waals surface area (Å²) in [4.78, 5) is 13.3. The van der Waals surface area contributed by atoms with Crippen molar-refractivity contribution in [3.8, 4) is 0 Å². The van der Waals surface area contributed by atoms with Crippen LogP contribution in [0, 0.1) is 0 Å². The summed E-state index contributed by atoms with van der Waals surface area (Å²) in [6.45, 7) is 0. The van der Waals surface area contributed by atoms with E-state index < -0.39 is 10.0 Å². The number of fused-ring (bicyclic) bond motifs is 1. The SMILES string of the molecule is O=C(c1ccc(Br)cc1)c1cc2ccccc2n1S(=O)(=O)c1ccccc1. The maximum atomic E-state index is 13.3. The minimum atomic E-state index is -3.93. The highest BCUT2D eigenvalue weighted by molar-refractivity contribution is 9.10. The van der Waals surface area contributed by atoms with E-state index in [2.05, 4.69) is 15.9 Å². The van der Waals surface area contributed by atoms with Gasteiger partial charge in [-0.2, -0.15) is 0 Å². The second-order valence-electron chi connectivity index (χ2n) is 6.01. The van der Waals surface area contributed by atoms with Crippen LogP contribution in [0.5, 0.6) is 0 Å². The average Bonchev–Trinajstić information content (AvgIpc) is 3.09. The quantitative estimate of drug-likeness (QED) is 0.426. The standard InChI is InChI=1S/C21H14BrNO3S/c22-17-12-10-15(11-13-17)21(24)20-14-16-6-4-5-9-19(16)23(20)27(25,26)18-7-2-1-3-8-18/h1-14H. The molecule has 0 saturated carbocycles. The molecule has 0 unspecified atom stereocenters. The first-order valence-electron chi connectivity index (χ1n) is 8.20. The van der Waals surface area contributed by atoms with Gasteiger partial charge in [0.2, 0.25) is 5.78 Å². The van der Waals surface area contributed by atoms with Crippen molar-refractivity contribution < 1.29 is 13.2 Å². The van der Waals surface area contributed by atoms with Gasteiger partial charge >= 0.3 is 0 Å². The molecule has 4 aromatic rings. The van der Waals surface area contributed by atoms with E-state index in [9.17, 15) is 13.2 Å². The van der Waals surface area contributed by atoms with E-state index in [4.69, 9.17) is 0 Å². The zero-order valence-corrected chi connectivity index (χ0v) is 16.4. The van der Waals surface area contributed by atoms with Crippen LogP contribution in [-0.2, 0) is 10.0 Å². The molecule has 4 nitrogen and oxygen atoms in total. The fourth-order valence-corrected chi connectivity index (χ4v) is 4.79. The maximum absolute atomic E-state index is 13.3. The Morgan fingerprint density at radius 2 is 1.44 bits per heavy atom. The smallest absolute Gasteiger partial charge is 0.268 e. The van der Waals surface area contributed by atoms with Crippen molar-refractivity contribution >= 4 is 42.6 Å². The molecule has 1 aromatic heterocycles. The molecule has 0 radical (unpaired) electrons. The molecule has 0 aliphatic rings. The second kappa shape index (κ2) is 6.79. The Hall–Kier alpha value is -2.70. The van der Waals surface area contributed by atoms with E-state index in [1.54, 1.807) is 66.7 Å². The summed E-state index contributed by atoms with van der Waals surface area (Å²) in [6.07, 6.45) is 0. The minimum absolute atomic E-state index is 0.113. The zero-order valence-electron chi connectivity index (χ0n) is 14.0. The first kappa shape index (κ1) is 17.7. The molecule has 3 aromatic carbocycles. The van der Waals surface area contributed by atoms with Crippen LogP contribution >= 0.6 is 15.9 Å². The van der Waals surface area contributed by atoms with E-state index in [1.807, 2.05) is 6.07 Å². The summed E-state index contributed by atoms with van der Waals surface area (Å²) in [5.41, 5.74) is 1.01. The number of para-hydroxylation sites is 1. The molecular weight excluding hydrogens is 426 g/mol. The van der Waals surface area contributed by atoms with Gasteiger partial charge in [0.05, 0.1) is 10.4 Å². The van der Waals surface area contributed by atoms with Crippen LogP contribution in [-0.4, -0.2) is 18.2 Å². The van der Waals surface area contributed by atoms with Crippen molar-refractivity contribution in [2.75, 3.05) is 0 Å². The molecule has 1 heterocycles. The molecule has 0 N–H and O–H groups in total. The Bertz CT molecular complexity index is 1240. The lowest BCUT2D eigenvalue weighted by Gasteiger charge is -2.11. The lowest BCUT2D eigenvalue weighted by atomic mass is 10.1. The largest absolute Gasteiger partial charge is 0.287 e. The third kappa shape index (κ3) is 3.11. The molecule has 134 valence electrons. The van der Waals surface area contributed by atoms with Crippen molar-refractivity contribution in [2.45, 2.75) is 4.90 Å². The molecule has 0 atom stereocenters. The average molecular weight is 440 g/mol. The molecule has 0 spiro atoms. The van der Waals surface area contributed by atoms with E-state index in [1.165, 1.54) is 12.1 Å². The van der Waals surface area contributed by atoms with Gasteiger partial charge in [-0.05, 0) is 48.5 Å². The monoisotopic (exact) mass is 439 g/mol. The summed E-state index contributed by atoms with van der Waals surface area (Å²) in [5.74, 6) is -0.349. The van der Waals surface area contributed by atoms with E-state index in [0.29, 0.717) is 16.5 Å². The first-order chi connectivity index (χ1) is 13.0. The first-order valence-corrected chi connectivity index (χ1v) is 10.4. The van der Waals surface area contributed by atoms with Gasteiger partial charge in [0.15, 0.2) is 0 Å². The van der Waals surface area contributed by atoms with Crippen LogP contribution in [0.4, 0.5) is 0 Å². The van der Waals surface area contributed by atoms with Crippen LogP contribution < -0.4 is 0 Å². The highest BCUT2D eigenvalue weighted by atomic mass is 79.9. The second-order valence-corrected chi connectivity index (χ2v) is 8.71. The van der Waals surface area contributed by atoms with Gasteiger partial charge in [-0.1, -0.05) is 52.3 Å². The van der Waals surface area contributed by atoms with Crippen LogP contribution in [0.2, 0.25) is 0 Å². The van der Waals surface area contributed by atoms with Gasteiger partial charge in [0.1, 0.15) is 5.69 Å². The Kier molecular flexibility index (Phi) is 4.45. The third-order valence-electron chi connectivity index (χ3n) is 4.29. The van der Waals surface area contributed by atoms with Crippen LogP contribution in [0.3, 0.4) is 0 Å². The number of ketones is 1. The molecule has 6 heteroatoms. The summed E-state index contributed by atoms with van der Waals surface area (Å²) >= 11 is 3.34. The zero-order chi connectivity index (χ0) is 19.0. The van der Waals surface area contributed by atoms with Crippen molar-refractivity contribution in [1.29, 1.82) is 0 Å². The number of hydrogen-bond donors (Lipinski definition) is 0. The fraction of sp³-hybridized carbons (Fsp3) is 0. The summed E-state index contributed by atoms with van der Waals surface area (Å²) in [6, 6.07) is 23.7. The molecule has 0 saturated heterocycles. The molecular formula is C21H14BrNO3S. The number of carbonyl (C=O) groups is 1. The predicted molar refractivity (Wildman–Crippen MR) is 109 cm³/mol. The third-order valence-corrected chi connectivity index (χ3v) is 6.56. The summed E-state index contributed by atoms with van der Waals surface area (Å²) < 4.78 is 28.6. The van der Waals surface area contributed by atoms with Crippen molar-refractivity contribution in [3.05, 3.63) is 101 Å². The minimum Gasteiger partial charge on any atom is -0.287 e. The molecule has 0 fully saturated rings. The molecule has 0 aliphatic carbocycles. The fourth-order valence-electron chi connectivity index (χ4n) is 2.99. The summed E-state index contributed by atoms with van der Waals surface area (Å²) in [5, 5.41) is 0.692. The lowest BCUT2D eigenvalue weighted by molar-refractivity contribution is 0.103. The van der Waals surface area contributed by atoms with Crippen LogP contribution in [0.15, 0.2) is 94.3 Å². The van der Waals surface area contributed by atoms with Gasteiger partial charge in [0, 0.05) is 15.4 Å². The molecule has 0 aliphatic heterocycles. The van der Waals surface area contributed by atoms with E-state index in [0.717, 1.165) is 8.45 Å². The number of rotatable bonds is 4. The summed E-state index contributed by atoms with van der Waals surface area (Å²) in [7, 11) is -3.93. The Labute approximate surface area is 165 Å². The van der Waals surface area contributed by atoms with Gasteiger partial charge in [-0.25, -0.2) is 12.4 Å². The lowest BCUT2D eigenvalue weighted by Crippen LogP contribution is -2.19. The number of carbonyl (C=O) groups excluding carboxylic acids is 1. The molecule has 0 amide bonds. The topological polar surface area (TPSA) is 56.1 Å². The van der Waals surface area contributed by atoms with Crippen LogP contribution in [0.1, 0.15) is 16.1 Å². The van der Waals surface area contributed by atoms with Gasteiger partial charge in [-0.3, -0.25) is 4.79 Å². The van der Waals surface area contributed by atoms with Gasteiger partial charge in [0.25, 0.3) is 10.0 Å². The number of halogens is 1. The van der Waals surface area contributed by atoms with E-state index >= 15 is 0 Å². The Morgan fingerprint density at radius 3 is 2.15 bits per heavy atom. The normalized spacial score (nSPS) is 11.6. The number of aromatic nitrogens is 1. The Morgan fingerprint density at radius 1 is 0.815 bits per heavy atom. The van der Waals surface area contributed by atoms with Gasteiger partial charge < -0.3 is 0 Å². The van der Waals surface area contributed by atoms with Crippen molar-refractivity contribution in [3.63, 3.8) is 0 Å².